The quantitative estimate of drug-likeness (QED) is 0.263. The number of hydrogen-bond acceptors (Lipinski definition) is 6. The van der Waals surface area contributed by atoms with Crippen molar-refractivity contribution in [2.45, 2.75) is 25.8 Å². The van der Waals surface area contributed by atoms with Crippen molar-refractivity contribution in [1.82, 2.24) is 10.5 Å². The van der Waals surface area contributed by atoms with Gasteiger partial charge in [0.1, 0.15) is 0 Å². The van der Waals surface area contributed by atoms with Gasteiger partial charge in [-0.15, -0.1) is 0 Å². The Morgan fingerprint density at radius 2 is 1.91 bits per heavy atom. The van der Waals surface area contributed by atoms with E-state index in [0.717, 1.165) is 6.92 Å². The fraction of sp³-hybridized carbons (Fsp3) is 1.00. The molecule has 0 amide bonds. The number of hydrogen-bond donors (Lipinski definition) is 5. The second kappa shape index (κ2) is 3.96. The SMILES string of the molecule is CC(CN(O)O)NC(C)(O)O. The summed E-state index contributed by atoms with van der Waals surface area (Å²) in [4.78, 5) is 0. The van der Waals surface area contributed by atoms with Gasteiger partial charge in [-0.2, -0.15) is 0 Å². The van der Waals surface area contributed by atoms with Crippen molar-refractivity contribution in [1.29, 1.82) is 0 Å². The van der Waals surface area contributed by atoms with Gasteiger partial charge in [-0.3, -0.25) is 15.7 Å². The van der Waals surface area contributed by atoms with Crippen LogP contribution in [0.1, 0.15) is 13.8 Å². The van der Waals surface area contributed by atoms with E-state index in [1.807, 2.05) is 0 Å². The molecule has 0 aromatic carbocycles. The number of nitrogens with one attached hydrogen (secondary N) is 1. The van der Waals surface area contributed by atoms with E-state index in [1.54, 1.807) is 6.92 Å². The second-order valence-corrected chi connectivity index (χ2v) is 2.62. The second-order valence-electron chi connectivity index (χ2n) is 2.62. The molecular formula is C5H14N2O4. The lowest BCUT2D eigenvalue weighted by Crippen LogP contribution is -2.50. The Hall–Kier alpha value is -0.240. The number of rotatable bonds is 4. The Balaban J connectivity index is 3.61. The third kappa shape index (κ3) is 7.66. The maximum Gasteiger partial charge on any atom is 0.219 e. The van der Waals surface area contributed by atoms with Crippen LogP contribution in [0.15, 0.2) is 0 Å². The average molecular weight is 166 g/mol. The van der Waals surface area contributed by atoms with Gasteiger partial charge < -0.3 is 10.2 Å². The first-order valence-corrected chi connectivity index (χ1v) is 3.19. The highest BCUT2D eigenvalue weighted by molar-refractivity contribution is 4.64. The van der Waals surface area contributed by atoms with Gasteiger partial charge in [-0.05, 0) is 6.92 Å². The first-order chi connectivity index (χ1) is 4.81. The highest BCUT2D eigenvalue weighted by Crippen LogP contribution is 1.94. The van der Waals surface area contributed by atoms with E-state index in [1.165, 1.54) is 0 Å². The fourth-order valence-electron chi connectivity index (χ4n) is 0.757. The van der Waals surface area contributed by atoms with E-state index in [2.05, 4.69) is 5.32 Å². The molecule has 0 aliphatic carbocycles. The molecule has 0 heterocycles. The van der Waals surface area contributed by atoms with Crippen molar-refractivity contribution in [3.05, 3.63) is 0 Å². The van der Waals surface area contributed by atoms with Crippen LogP contribution in [-0.4, -0.2) is 44.4 Å². The highest BCUT2D eigenvalue weighted by atomic mass is 16.8. The predicted molar refractivity (Wildman–Crippen MR) is 35.7 cm³/mol. The molecule has 6 heteroatoms. The van der Waals surface area contributed by atoms with Gasteiger partial charge in [0.2, 0.25) is 5.91 Å². The Morgan fingerprint density at radius 1 is 1.45 bits per heavy atom. The highest BCUT2D eigenvalue weighted by Gasteiger charge is 2.18. The van der Waals surface area contributed by atoms with Crippen LogP contribution in [0, 0.1) is 0 Å². The molecule has 1 atom stereocenters. The van der Waals surface area contributed by atoms with Crippen LogP contribution >= 0.6 is 0 Å². The minimum absolute atomic E-state index is 0.0244. The van der Waals surface area contributed by atoms with Gasteiger partial charge in [0, 0.05) is 13.0 Å². The van der Waals surface area contributed by atoms with Crippen LogP contribution in [0.3, 0.4) is 0 Å². The van der Waals surface area contributed by atoms with E-state index in [9.17, 15) is 0 Å². The van der Waals surface area contributed by atoms with E-state index in [0.29, 0.717) is 0 Å². The summed E-state index contributed by atoms with van der Waals surface area (Å²) >= 11 is 0. The monoisotopic (exact) mass is 166 g/mol. The minimum Gasteiger partial charge on any atom is -0.354 e. The molecule has 0 radical (unpaired) electrons. The first-order valence-electron chi connectivity index (χ1n) is 3.19. The summed E-state index contributed by atoms with van der Waals surface area (Å²) < 4.78 is 0. The average Bonchev–Trinajstić information content (AvgIpc) is 1.53. The standard InChI is InChI=1S/C5H14N2O4/c1-4(3-7(10)11)6-5(2,8)9/h4,6,8-11H,3H2,1-2H3. The topological polar surface area (TPSA) is 96.2 Å². The van der Waals surface area contributed by atoms with Crippen molar-refractivity contribution in [3.63, 3.8) is 0 Å². The van der Waals surface area contributed by atoms with Gasteiger partial charge >= 0.3 is 0 Å². The number of hydroxylamine groups is 2. The molecule has 6 nitrogen and oxygen atoms in total. The van der Waals surface area contributed by atoms with Crippen LogP contribution in [0.2, 0.25) is 0 Å². The van der Waals surface area contributed by atoms with Crippen molar-refractivity contribution >= 4 is 0 Å². The summed E-state index contributed by atoms with van der Waals surface area (Å²) in [6, 6.07) is -0.440. The summed E-state index contributed by atoms with van der Waals surface area (Å²) in [7, 11) is 0. The number of nitrogens with zero attached hydrogens (tertiary/aromatic N) is 1. The van der Waals surface area contributed by atoms with Crippen molar-refractivity contribution in [3.8, 4) is 0 Å². The molecular weight excluding hydrogens is 152 g/mol. The molecule has 0 aliphatic rings. The van der Waals surface area contributed by atoms with Crippen molar-refractivity contribution in [2.24, 2.45) is 0 Å². The molecule has 0 aliphatic heterocycles. The predicted octanol–water partition coefficient (Wildman–Crippen LogP) is -1.30. The van der Waals surface area contributed by atoms with Gasteiger partial charge in [0.05, 0.1) is 6.54 Å². The lowest BCUT2D eigenvalue weighted by Gasteiger charge is -2.23. The summed E-state index contributed by atoms with van der Waals surface area (Å²) in [5.41, 5.74) is 0. The normalized spacial score (nSPS) is 15.5. The summed E-state index contributed by atoms with van der Waals surface area (Å²) in [5, 5.41) is 36.4. The molecule has 0 spiro atoms. The summed E-state index contributed by atoms with van der Waals surface area (Å²) in [5.74, 6) is -1.99. The molecule has 0 saturated carbocycles. The molecule has 0 aromatic heterocycles. The Morgan fingerprint density at radius 3 is 2.18 bits per heavy atom. The van der Waals surface area contributed by atoms with Crippen LogP contribution in [0.25, 0.3) is 0 Å². The van der Waals surface area contributed by atoms with Crippen LogP contribution < -0.4 is 5.32 Å². The first kappa shape index (κ1) is 10.8. The molecule has 1 unspecified atom stereocenters. The van der Waals surface area contributed by atoms with Crippen molar-refractivity contribution in [2.75, 3.05) is 6.54 Å². The zero-order chi connectivity index (χ0) is 9.07. The molecule has 0 rings (SSSR count). The fourth-order valence-corrected chi connectivity index (χ4v) is 0.757. The molecule has 11 heavy (non-hydrogen) atoms. The van der Waals surface area contributed by atoms with Gasteiger partial charge in [0.15, 0.2) is 0 Å². The van der Waals surface area contributed by atoms with Crippen LogP contribution in [0.5, 0.6) is 0 Å². The van der Waals surface area contributed by atoms with Gasteiger partial charge in [-0.25, -0.2) is 0 Å². The van der Waals surface area contributed by atoms with Gasteiger partial charge in [0.25, 0.3) is 0 Å². The zero-order valence-corrected chi connectivity index (χ0v) is 6.52. The lowest BCUT2D eigenvalue weighted by molar-refractivity contribution is -0.311. The third-order valence-electron chi connectivity index (χ3n) is 0.957. The summed E-state index contributed by atoms with van der Waals surface area (Å²) in [6.45, 7) is 2.60. The smallest absolute Gasteiger partial charge is 0.219 e. The molecule has 68 valence electrons. The third-order valence-corrected chi connectivity index (χ3v) is 0.957. The molecule has 0 saturated heterocycles. The Labute approximate surface area is 64.6 Å². The van der Waals surface area contributed by atoms with Crippen LogP contribution in [0.4, 0.5) is 0 Å². The maximum absolute atomic E-state index is 8.76. The van der Waals surface area contributed by atoms with Crippen LogP contribution in [-0.2, 0) is 0 Å². The molecule has 0 bridgehead atoms. The van der Waals surface area contributed by atoms with E-state index in [4.69, 9.17) is 20.6 Å². The maximum atomic E-state index is 8.76. The summed E-state index contributed by atoms with van der Waals surface area (Å²) in [6.07, 6.45) is 0. The number of aliphatic hydroxyl groups is 2. The van der Waals surface area contributed by atoms with E-state index < -0.39 is 12.0 Å². The molecule has 5 N–H and O–H groups in total. The Kier molecular flexibility index (Phi) is 3.87. The molecule has 0 aromatic rings. The largest absolute Gasteiger partial charge is 0.354 e. The van der Waals surface area contributed by atoms with E-state index >= 15 is 0 Å². The minimum atomic E-state index is -1.99. The zero-order valence-electron chi connectivity index (χ0n) is 6.52. The molecule has 0 fully saturated rings. The van der Waals surface area contributed by atoms with E-state index in [-0.39, 0.29) is 11.8 Å². The lowest BCUT2D eigenvalue weighted by atomic mass is 10.3. The van der Waals surface area contributed by atoms with Crippen molar-refractivity contribution < 1.29 is 20.6 Å². The van der Waals surface area contributed by atoms with Gasteiger partial charge in [-0.1, -0.05) is 5.23 Å². The Bertz CT molecular complexity index is 112.